The lowest BCUT2D eigenvalue weighted by atomic mass is 9.98. The van der Waals surface area contributed by atoms with Gasteiger partial charge >= 0.3 is 0 Å². The maximum atomic E-state index is 12.7. The third kappa shape index (κ3) is 5.82. The highest BCUT2D eigenvalue weighted by Crippen LogP contribution is 2.30. The Bertz CT molecular complexity index is 953. The van der Waals surface area contributed by atoms with Gasteiger partial charge in [0, 0.05) is 31.5 Å². The fourth-order valence-electron chi connectivity index (χ4n) is 3.79. The van der Waals surface area contributed by atoms with E-state index < -0.39 is 0 Å². The number of phenols is 1. The summed E-state index contributed by atoms with van der Waals surface area (Å²) < 4.78 is 16.3. The summed E-state index contributed by atoms with van der Waals surface area (Å²) >= 11 is 0. The number of benzene rings is 2. The number of aromatic hydroxyl groups is 1. The maximum Gasteiger partial charge on any atom is 0.222 e. The molecule has 1 N–H and O–H groups in total. The number of rotatable bonds is 8. The molecule has 0 radical (unpaired) electrons. The van der Waals surface area contributed by atoms with Gasteiger partial charge in [-0.2, -0.15) is 5.26 Å². The van der Waals surface area contributed by atoms with Gasteiger partial charge in [-0.15, -0.1) is 0 Å². The molecule has 2 aromatic rings. The standard InChI is InChI=1S/C24H28N2O5/c1-29-21-8-5-17(12-20(21)27)7-10-24(28)26-11-3-4-19(15-26)16-31-22-9-6-18(14-25)13-23(22)30-2/h5-6,8-9,12-13,19,27H,3-4,7,10-11,15-16H2,1-2H3. The van der Waals surface area contributed by atoms with Crippen molar-refractivity contribution in [3.05, 3.63) is 47.5 Å². The summed E-state index contributed by atoms with van der Waals surface area (Å²) in [6, 6.07) is 12.4. The van der Waals surface area contributed by atoms with Crippen molar-refractivity contribution in [2.24, 2.45) is 5.92 Å². The van der Waals surface area contributed by atoms with Crippen molar-refractivity contribution in [3.8, 4) is 29.1 Å². The highest BCUT2D eigenvalue weighted by Gasteiger charge is 2.24. The lowest BCUT2D eigenvalue weighted by Gasteiger charge is -2.33. The Labute approximate surface area is 182 Å². The number of carbonyl (C=O) groups is 1. The fraction of sp³-hybridized carbons (Fsp3) is 0.417. The summed E-state index contributed by atoms with van der Waals surface area (Å²) in [5.41, 5.74) is 1.42. The number of phenolic OH excluding ortho intramolecular Hbond substituents is 1. The molecule has 3 rings (SSSR count). The molecule has 0 spiro atoms. The van der Waals surface area contributed by atoms with Gasteiger partial charge in [-0.25, -0.2) is 0 Å². The van der Waals surface area contributed by atoms with Crippen LogP contribution >= 0.6 is 0 Å². The quantitative estimate of drug-likeness (QED) is 0.697. The van der Waals surface area contributed by atoms with Crippen molar-refractivity contribution >= 4 is 5.91 Å². The molecule has 31 heavy (non-hydrogen) atoms. The summed E-state index contributed by atoms with van der Waals surface area (Å²) in [5, 5.41) is 18.9. The molecule has 2 aromatic carbocycles. The van der Waals surface area contributed by atoms with Crippen molar-refractivity contribution < 1.29 is 24.1 Å². The number of hydrogen-bond acceptors (Lipinski definition) is 6. The SMILES string of the molecule is COc1ccc(CCC(=O)N2CCCC(COc3ccc(C#N)cc3OC)C2)cc1O. The second-order valence-electron chi connectivity index (χ2n) is 7.64. The van der Waals surface area contributed by atoms with Crippen molar-refractivity contribution in [2.75, 3.05) is 33.9 Å². The second-order valence-corrected chi connectivity index (χ2v) is 7.64. The zero-order valence-corrected chi connectivity index (χ0v) is 18.0. The number of methoxy groups -OCH3 is 2. The van der Waals surface area contributed by atoms with E-state index >= 15 is 0 Å². The van der Waals surface area contributed by atoms with E-state index in [9.17, 15) is 9.90 Å². The summed E-state index contributed by atoms with van der Waals surface area (Å²) in [4.78, 5) is 14.6. The van der Waals surface area contributed by atoms with Crippen LogP contribution in [0.15, 0.2) is 36.4 Å². The van der Waals surface area contributed by atoms with Crippen molar-refractivity contribution in [1.82, 2.24) is 4.90 Å². The first-order chi connectivity index (χ1) is 15.0. The molecule has 1 saturated heterocycles. The fourth-order valence-corrected chi connectivity index (χ4v) is 3.79. The Kier molecular flexibility index (Phi) is 7.60. The minimum atomic E-state index is 0.0841. The number of amides is 1. The zero-order valence-electron chi connectivity index (χ0n) is 18.0. The molecule has 164 valence electrons. The average Bonchev–Trinajstić information content (AvgIpc) is 2.81. The van der Waals surface area contributed by atoms with Crippen LogP contribution in [-0.2, 0) is 11.2 Å². The average molecular weight is 424 g/mol. The predicted octanol–water partition coefficient (Wildman–Crippen LogP) is 3.53. The molecule has 7 heteroatoms. The molecule has 1 aliphatic rings. The Balaban J connectivity index is 1.51. The highest BCUT2D eigenvalue weighted by molar-refractivity contribution is 5.76. The number of hydrogen-bond donors (Lipinski definition) is 1. The molecule has 0 saturated carbocycles. The monoisotopic (exact) mass is 424 g/mol. The Morgan fingerprint density at radius 2 is 1.94 bits per heavy atom. The maximum absolute atomic E-state index is 12.7. The first-order valence-electron chi connectivity index (χ1n) is 10.4. The van der Waals surface area contributed by atoms with E-state index in [0.29, 0.717) is 48.8 Å². The number of nitriles is 1. The molecular weight excluding hydrogens is 396 g/mol. The van der Waals surface area contributed by atoms with E-state index in [2.05, 4.69) is 6.07 Å². The Hall–Kier alpha value is -3.40. The third-order valence-corrected chi connectivity index (χ3v) is 5.51. The van der Waals surface area contributed by atoms with Crippen LogP contribution in [0.4, 0.5) is 0 Å². The van der Waals surface area contributed by atoms with E-state index in [1.165, 1.54) is 7.11 Å². The number of ether oxygens (including phenoxy) is 3. The summed E-state index contributed by atoms with van der Waals surface area (Å²) in [6.45, 7) is 1.90. The van der Waals surface area contributed by atoms with Gasteiger partial charge in [-0.3, -0.25) is 4.79 Å². The van der Waals surface area contributed by atoms with Crippen molar-refractivity contribution in [1.29, 1.82) is 5.26 Å². The molecule has 1 aliphatic heterocycles. The van der Waals surface area contributed by atoms with Crippen LogP contribution in [0.5, 0.6) is 23.0 Å². The van der Waals surface area contributed by atoms with Gasteiger partial charge in [0.1, 0.15) is 0 Å². The van der Waals surface area contributed by atoms with Crippen molar-refractivity contribution in [2.45, 2.75) is 25.7 Å². The molecule has 0 aromatic heterocycles. The third-order valence-electron chi connectivity index (χ3n) is 5.51. The molecular formula is C24H28N2O5. The Morgan fingerprint density at radius 1 is 1.16 bits per heavy atom. The van der Waals surface area contributed by atoms with Gasteiger partial charge in [-0.1, -0.05) is 6.07 Å². The van der Waals surface area contributed by atoms with Crippen LogP contribution in [0.2, 0.25) is 0 Å². The minimum absolute atomic E-state index is 0.0841. The molecule has 1 heterocycles. The summed E-state index contributed by atoms with van der Waals surface area (Å²) in [6.07, 6.45) is 2.89. The first kappa shape index (κ1) is 22.3. The van der Waals surface area contributed by atoms with Gasteiger partial charge in [0.2, 0.25) is 5.91 Å². The van der Waals surface area contributed by atoms with Gasteiger partial charge in [0.15, 0.2) is 23.0 Å². The van der Waals surface area contributed by atoms with Gasteiger partial charge in [0.05, 0.1) is 32.5 Å². The largest absolute Gasteiger partial charge is 0.504 e. The lowest BCUT2D eigenvalue weighted by Crippen LogP contribution is -2.41. The van der Waals surface area contributed by atoms with Gasteiger partial charge in [-0.05, 0) is 49.1 Å². The molecule has 1 unspecified atom stereocenters. The topological polar surface area (TPSA) is 92.0 Å². The minimum Gasteiger partial charge on any atom is -0.504 e. The zero-order chi connectivity index (χ0) is 22.2. The molecule has 0 aliphatic carbocycles. The van der Waals surface area contributed by atoms with Crippen LogP contribution in [-0.4, -0.2) is 49.8 Å². The van der Waals surface area contributed by atoms with E-state index in [4.69, 9.17) is 19.5 Å². The normalized spacial score (nSPS) is 15.8. The highest BCUT2D eigenvalue weighted by atomic mass is 16.5. The lowest BCUT2D eigenvalue weighted by molar-refractivity contribution is -0.133. The Morgan fingerprint density at radius 3 is 2.65 bits per heavy atom. The smallest absolute Gasteiger partial charge is 0.222 e. The van der Waals surface area contributed by atoms with Gasteiger partial charge < -0.3 is 24.2 Å². The van der Waals surface area contributed by atoms with Crippen LogP contribution in [0.1, 0.15) is 30.4 Å². The van der Waals surface area contributed by atoms with Gasteiger partial charge in [0.25, 0.3) is 0 Å². The molecule has 7 nitrogen and oxygen atoms in total. The first-order valence-corrected chi connectivity index (χ1v) is 10.4. The van der Waals surface area contributed by atoms with Crippen LogP contribution < -0.4 is 14.2 Å². The molecule has 1 fully saturated rings. The second kappa shape index (κ2) is 10.6. The number of aryl methyl sites for hydroxylation is 1. The van der Waals surface area contributed by atoms with Crippen LogP contribution in [0.3, 0.4) is 0 Å². The van der Waals surface area contributed by atoms with Crippen molar-refractivity contribution in [3.63, 3.8) is 0 Å². The number of nitrogens with zero attached hydrogens (tertiary/aromatic N) is 2. The molecule has 0 bridgehead atoms. The summed E-state index contributed by atoms with van der Waals surface area (Å²) in [5.74, 6) is 1.99. The van der Waals surface area contributed by atoms with E-state index in [1.807, 2.05) is 11.0 Å². The van der Waals surface area contributed by atoms with E-state index in [0.717, 1.165) is 24.9 Å². The predicted molar refractivity (Wildman–Crippen MR) is 115 cm³/mol. The van der Waals surface area contributed by atoms with Crippen LogP contribution in [0.25, 0.3) is 0 Å². The summed E-state index contributed by atoms with van der Waals surface area (Å²) in [7, 11) is 3.05. The van der Waals surface area contributed by atoms with Crippen LogP contribution in [0, 0.1) is 17.2 Å². The number of likely N-dealkylation sites (tertiary alicyclic amines) is 1. The van der Waals surface area contributed by atoms with E-state index in [1.54, 1.807) is 37.4 Å². The molecule has 1 amide bonds. The van der Waals surface area contributed by atoms with E-state index in [-0.39, 0.29) is 17.6 Å². The number of piperidine rings is 1. The number of carbonyl (C=O) groups excluding carboxylic acids is 1. The molecule has 1 atom stereocenters.